The molecule has 0 N–H and O–H groups in total. The maximum atomic E-state index is 12.3. The van der Waals surface area contributed by atoms with Crippen LogP contribution in [0.2, 0.25) is 0 Å². The van der Waals surface area contributed by atoms with Gasteiger partial charge in [0.25, 0.3) is 0 Å². The van der Waals surface area contributed by atoms with E-state index in [-0.39, 0.29) is 18.4 Å². The number of aromatic nitrogens is 4. The summed E-state index contributed by atoms with van der Waals surface area (Å²) in [4.78, 5) is 28.1. The highest BCUT2D eigenvalue weighted by Gasteiger charge is 2.25. The Kier molecular flexibility index (Phi) is 5.19. The molecular formula is C15H24N6O2. The summed E-state index contributed by atoms with van der Waals surface area (Å²) < 4.78 is 1.42. The minimum atomic E-state index is -0.00430. The van der Waals surface area contributed by atoms with Gasteiger partial charge in [-0.15, -0.1) is 5.10 Å². The number of amides is 2. The van der Waals surface area contributed by atoms with Crippen LogP contribution in [-0.2, 0) is 16.1 Å². The second-order valence-corrected chi connectivity index (χ2v) is 6.46. The van der Waals surface area contributed by atoms with Crippen LogP contribution in [0.1, 0.15) is 38.5 Å². The summed E-state index contributed by atoms with van der Waals surface area (Å²) in [5.41, 5.74) is 0. The third-order valence-corrected chi connectivity index (χ3v) is 4.91. The quantitative estimate of drug-likeness (QED) is 0.780. The second kappa shape index (κ2) is 7.52. The molecule has 1 aromatic rings. The SMILES string of the molecule is O=C(CCC1CCCC1)N1CCN(C(=O)Cn2cnnn2)CC1. The molecule has 1 saturated carbocycles. The molecule has 126 valence electrons. The van der Waals surface area contributed by atoms with Crippen molar-refractivity contribution in [2.24, 2.45) is 5.92 Å². The van der Waals surface area contributed by atoms with E-state index in [1.807, 2.05) is 4.90 Å². The lowest BCUT2D eigenvalue weighted by Gasteiger charge is -2.35. The smallest absolute Gasteiger partial charge is 0.244 e. The summed E-state index contributed by atoms with van der Waals surface area (Å²) in [5, 5.41) is 10.7. The Morgan fingerprint density at radius 3 is 2.26 bits per heavy atom. The predicted octanol–water partition coefficient (Wildman–Crippen LogP) is 0.314. The van der Waals surface area contributed by atoms with Gasteiger partial charge in [0.1, 0.15) is 12.9 Å². The van der Waals surface area contributed by atoms with E-state index in [1.165, 1.54) is 36.7 Å². The van der Waals surface area contributed by atoms with Crippen molar-refractivity contribution in [3.8, 4) is 0 Å². The van der Waals surface area contributed by atoms with Crippen LogP contribution >= 0.6 is 0 Å². The average Bonchev–Trinajstić information content (AvgIpc) is 3.26. The Bertz CT molecular complexity index is 518. The number of carbonyl (C=O) groups excluding carboxylic acids is 2. The van der Waals surface area contributed by atoms with Gasteiger partial charge in [-0.05, 0) is 22.8 Å². The van der Waals surface area contributed by atoms with Crippen LogP contribution in [0.5, 0.6) is 0 Å². The fourth-order valence-corrected chi connectivity index (χ4v) is 3.48. The summed E-state index contributed by atoms with van der Waals surface area (Å²) in [7, 11) is 0. The Labute approximate surface area is 135 Å². The first-order chi connectivity index (χ1) is 11.2. The zero-order valence-corrected chi connectivity index (χ0v) is 13.4. The molecule has 1 aliphatic carbocycles. The van der Waals surface area contributed by atoms with Gasteiger partial charge < -0.3 is 9.80 Å². The first-order valence-electron chi connectivity index (χ1n) is 8.48. The van der Waals surface area contributed by atoms with Gasteiger partial charge >= 0.3 is 0 Å². The second-order valence-electron chi connectivity index (χ2n) is 6.46. The zero-order chi connectivity index (χ0) is 16.1. The van der Waals surface area contributed by atoms with Crippen molar-refractivity contribution in [2.45, 2.75) is 45.1 Å². The van der Waals surface area contributed by atoms with E-state index < -0.39 is 0 Å². The van der Waals surface area contributed by atoms with E-state index >= 15 is 0 Å². The summed E-state index contributed by atoms with van der Waals surface area (Å²) in [5.74, 6) is 0.984. The van der Waals surface area contributed by atoms with Crippen LogP contribution in [0.4, 0.5) is 0 Å². The Balaban J connectivity index is 1.39. The van der Waals surface area contributed by atoms with Crippen LogP contribution in [0.15, 0.2) is 6.33 Å². The molecule has 0 aromatic carbocycles. The minimum Gasteiger partial charge on any atom is -0.339 e. The molecule has 1 aromatic heterocycles. The normalized spacial score (nSPS) is 19.3. The van der Waals surface area contributed by atoms with Crippen LogP contribution in [0, 0.1) is 5.92 Å². The maximum Gasteiger partial charge on any atom is 0.244 e. The van der Waals surface area contributed by atoms with Gasteiger partial charge in [0.05, 0.1) is 0 Å². The van der Waals surface area contributed by atoms with Gasteiger partial charge in [-0.3, -0.25) is 9.59 Å². The number of hydrogen-bond donors (Lipinski definition) is 0. The highest BCUT2D eigenvalue weighted by molar-refractivity contribution is 5.78. The molecule has 1 saturated heterocycles. The molecule has 8 heteroatoms. The molecule has 1 aliphatic heterocycles. The predicted molar refractivity (Wildman–Crippen MR) is 82.2 cm³/mol. The Hall–Kier alpha value is -1.99. The Morgan fingerprint density at radius 2 is 1.65 bits per heavy atom. The first kappa shape index (κ1) is 15.9. The number of hydrogen-bond acceptors (Lipinski definition) is 5. The number of piperazine rings is 1. The summed E-state index contributed by atoms with van der Waals surface area (Å²) >= 11 is 0. The third-order valence-electron chi connectivity index (χ3n) is 4.91. The van der Waals surface area contributed by atoms with Gasteiger partial charge in [-0.2, -0.15) is 0 Å². The molecule has 0 unspecified atom stereocenters. The first-order valence-corrected chi connectivity index (χ1v) is 8.48. The lowest BCUT2D eigenvalue weighted by Crippen LogP contribution is -2.51. The van der Waals surface area contributed by atoms with Crippen molar-refractivity contribution in [1.82, 2.24) is 30.0 Å². The average molecular weight is 320 g/mol. The van der Waals surface area contributed by atoms with E-state index in [9.17, 15) is 9.59 Å². The molecule has 0 radical (unpaired) electrons. The van der Waals surface area contributed by atoms with Crippen molar-refractivity contribution in [3.05, 3.63) is 6.33 Å². The van der Waals surface area contributed by atoms with E-state index in [0.717, 1.165) is 12.3 Å². The monoisotopic (exact) mass is 320 g/mol. The topological polar surface area (TPSA) is 84.2 Å². The molecule has 2 aliphatic rings. The van der Waals surface area contributed by atoms with Crippen LogP contribution in [-0.4, -0.2) is 68.0 Å². The highest BCUT2D eigenvalue weighted by atomic mass is 16.2. The van der Waals surface area contributed by atoms with E-state index in [1.54, 1.807) is 4.90 Å². The van der Waals surface area contributed by atoms with Crippen molar-refractivity contribution in [1.29, 1.82) is 0 Å². The van der Waals surface area contributed by atoms with Gasteiger partial charge in [0.15, 0.2) is 0 Å². The molecule has 2 fully saturated rings. The van der Waals surface area contributed by atoms with Gasteiger partial charge in [-0.1, -0.05) is 25.7 Å². The van der Waals surface area contributed by atoms with E-state index in [2.05, 4.69) is 15.5 Å². The van der Waals surface area contributed by atoms with Crippen molar-refractivity contribution in [2.75, 3.05) is 26.2 Å². The van der Waals surface area contributed by atoms with Crippen molar-refractivity contribution >= 4 is 11.8 Å². The maximum absolute atomic E-state index is 12.3. The molecule has 0 atom stereocenters. The molecular weight excluding hydrogens is 296 g/mol. The lowest BCUT2D eigenvalue weighted by atomic mass is 10.0. The van der Waals surface area contributed by atoms with Gasteiger partial charge in [0.2, 0.25) is 11.8 Å². The largest absolute Gasteiger partial charge is 0.339 e. The molecule has 8 nitrogen and oxygen atoms in total. The van der Waals surface area contributed by atoms with Crippen LogP contribution < -0.4 is 0 Å². The molecule has 2 heterocycles. The number of tetrazole rings is 1. The molecule has 3 rings (SSSR count). The van der Waals surface area contributed by atoms with E-state index in [4.69, 9.17) is 0 Å². The van der Waals surface area contributed by atoms with Crippen molar-refractivity contribution in [3.63, 3.8) is 0 Å². The minimum absolute atomic E-state index is 0.00430. The fourth-order valence-electron chi connectivity index (χ4n) is 3.48. The molecule has 2 amide bonds. The number of rotatable bonds is 5. The number of nitrogens with zero attached hydrogens (tertiary/aromatic N) is 6. The zero-order valence-electron chi connectivity index (χ0n) is 13.4. The molecule has 0 bridgehead atoms. The number of carbonyl (C=O) groups is 2. The summed E-state index contributed by atoms with van der Waals surface area (Å²) in [6.07, 6.45) is 8.32. The standard InChI is InChI=1S/C15H24N6O2/c22-14(6-5-13-3-1-2-4-13)19-7-9-20(10-8-19)15(23)11-21-12-16-17-18-21/h12-13H,1-11H2. The van der Waals surface area contributed by atoms with E-state index in [0.29, 0.717) is 32.6 Å². The lowest BCUT2D eigenvalue weighted by molar-refractivity contribution is -0.140. The van der Waals surface area contributed by atoms with Crippen molar-refractivity contribution < 1.29 is 9.59 Å². The fraction of sp³-hybridized carbons (Fsp3) is 0.800. The Morgan fingerprint density at radius 1 is 1.00 bits per heavy atom. The molecule has 23 heavy (non-hydrogen) atoms. The summed E-state index contributed by atoms with van der Waals surface area (Å²) in [6.45, 7) is 2.60. The van der Waals surface area contributed by atoms with Crippen LogP contribution in [0.25, 0.3) is 0 Å². The van der Waals surface area contributed by atoms with Gasteiger partial charge in [-0.25, -0.2) is 4.68 Å². The summed E-state index contributed by atoms with van der Waals surface area (Å²) in [6, 6.07) is 0. The molecule has 0 spiro atoms. The third kappa shape index (κ3) is 4.27. The highest BCUT2D eigenvalue weighted by Crippen LogP contribution is 2.28. The van der Waals surface area contributed by atoms with Crippen LogP contribution in [0.3, 0.4) is 0 Å². The van der Waals surface area contributed by atoms with Gasteiger partial charge in [0, 0.05) is 32.6 Å².